The minimum absolute atomic E-state index is 0.0872. The zero-order valence-electron chi connectivity index (χ0n) is 10.8. The van der Waals surface area contributed by atoms with Gasteiger partial charge in [0.05, 0.1) is 18.5 Å². The first-order valence-corrected chi connectivity index (χ1v) is 6.36. The summed E-state index contributed by atoms with van der Waals surface area (Å²) >= 11 is 0. The largest absolute Gasteiger partial charge is 0.497 e. The molecular weight excluding hydrogens is 240 g/mol. The van der Waals surface area contributed by atoms with Gasteiger partial charge in [-0.1, -0.05) is 0 Å². The van der Waals surface area contributed by atoms with Gasteiger partial charge in [-0.25, -0.2) is 0 Å². The standard InChI is InChI=1S/C15H16N2O2/c1-19-12-6-2-10(3-7-12)14-9-8-13(16)15(18)17(14)11-4-5-11/h2-3,6-9,11H,4-5,16H2,1H3. The molecule has 1 aromatic heterocycles. The van der Waals surface area contributed by atoms with Crippen LogP contribution in [-0.4, -0.2) is 11.7 Å². The molecule has 2 aromatic rings. The Labute approximate surface area is 111 Å². The molecule has 3 rings (SSSR count). The van der Waals surface area contributed by atoms with Crippen molar-refractivity contribution in [2.24, 2.45) is 0 Å². The van der Waals surface area contributed by atoms with Crippen LogP contribution in [0.4, 0.5) is 5.69 Å². The molecule has 1 aliphatic rings. The van der Waals surface area contributed by atoms with E-state index in [9.17, 15) is 4.79 Å². The van der Waals surface area contributed by atoms with Crippen LogP contribution in [0, 0.1) is 0 Å². The lowest BCUT2D eigenvalue weighted by atomic mass is 10.1. The van der Waals surface area contributed by atoms with Gasteiger partial charge in [0, 0.05) is 6.04 Å². The minimum Gasteiger partial charge on any atom is -0.497 e. The fraction of sp³-hybridized carbons (Fsp3) is 0.267. The number of ether oxygens (including phenoxy) is 1. The highest BCUT2D eigenvalue weighted by atomic mass is 16.5. The molecular formula is C15H16N2O2. The number of benzene rings is 1. The number of nitrogens with zero attached hydrogens (tertiary/aromatic N) is 1. The van der Waals surface area contributed by atoms with Gasteiger partial charge in [-0.2, -0.15) is 0 Å². The monoisotopic (exact) mass is 256 g/mol. The lowest BCUT2D eigenvalue weighted by Gasteiger charge is -2.13. The molecule has 0 amide bonds. The van der Waals surface area contributed by atoms with Gasteiger partial charge >= 0.3 is 0 Å². The molecule has 1 heterocycles. The van der Waals surface area contributed by atoms with Crippen molar-refractivity contribution < 1.29 is 4.74 Å². The second-order valence-corrected chi connectivity index (χ2v) is 4.81. The molecule has 4 heteroatoms. The van der Waals surface area contributed by atoms with Crippen LogP contribution in [0.25, 0.3) is 11.3 Å². The third-order valence-corrected chi connectivity index (χ3v) is 3.44. The van der Waals surface area contributed by atoms with E-state index in [-0.39, 0.29) is 5.56 Å². The Bertz CT molecular complexity index is 655. The Morgan fingerprint density at radius 1 is 1.16 bits per heavy atom. The lowest BCUT2D eigenvalue weighted by molar-refractivity contribution is 0.415. The van der Waals surface area contributed by atoms with E-state index in [1.165, 1.54) is 0 Å². The van der Waals surface area contributed by atoms with Gasteiger partial charge in [-0.05, 0) is 54.8 Å². The number of methoxy groups -OCH3 is 1. The second kappa shape index (κ2) is 4.46. The maximum atomic E-state index is 12.2. The average molecular weight is 256 g/mol. The number of pyridine rings is 1. The maximum Gasteiger partial charge on any atom is 0.274 e. The molecule has 0 aliphatic heterocycles. The molecule has 1 aromatic carbocycles. The third kappa shape index (κ3) is 2.10. The highest BCUT2D eigenvalue weighted by Gasteiger charge is 2.27. The number of hydrogen-bond donors (Lipinski definition) is 1. The second-order valence-electron chi connectivity index (χ2n) is 4.81. The van der Waals surface area contributed by atoms with E-state index in [0.717, 1.165) is 29.8 Å². The Morgan fingerprint density at radius 3 is 2.42 bits per heavy atom. The van der Waals surface area contributed by atoms with Crippen LogP contribution in [0.5, 0.6) is 5.75 Å². The summed E-state index contributed by atoms with van der Waals surface area (Å²) in [6.07, 6.45) is 2.10. The van der Waals surface area contributed by atoms with Crippen LogP contribution in [0.1, 0.15) is 18.9 Å². The van der Waals surface area contributed by atoms with E-state index < -0.39 is 0 Å². The van der Waals surface area contributed by atoms with Crippen LogP contribution >= 0.6 is 0 Å². The Morgan fingerprint density at radius 2 is 1.84 bits per heavy atom. The topological polar surface area (TPSA) is 57.2 Å². The Hall–Kier alpha value is -2.23. The predicted molar refractivity (Wildman–Crippen MR) is 75.4 cm³/mol. The van der Waals surface area contributed by atoms with Crippen molar-refractivity contribution in [3.8, 4) is 17.0 Å². The van der Waals surface area contributed by atoms with Gasteiger partial charge in [0.15, 0.2) is 0 Å². The highest BCUT2D eigenvalue weighted by molar-refractivity contribution is 5.62. The first kappa shape index (κ1) is 11.8. The van der Waals surface area contributed by atoms with Crippen LogP contribution in [0.15, 0.2) is 41.2 Å². The van der Waals surface area contributed by atoms with Gasteiger partial charge < -0.3 is 15.0 Å². The van der Waals surface area contributed by atoms with Gasteiger partial charge in [-0.15, -0.1) is 0 Å². The number of hydrogen-bond acceptors (Lipinski definition) is 3. The van der Waals surface area contributed by atoms with Gasteiger partial charge in [0.25, 0.3) is 5.56 Å². The van der Waals surface area contributed by atoms with Crippen molar-refractivity contribution in [1.82, 2.24) is 4.57 Å². The molecule has 4 nitrogen and oxygen atoms in total. The van der Waals surface area contributed by atoms with Crippen molar-refractivity contribution in [2.75, 3.05) is 12.8 Å². The summed E-state index contributed by atoms with van der Waals surface area (Å²) in [5.74, 6) is 0.805. The average Bonchev–Trinajstić information content (AvgIpc) is 3.26. The summed E-state index contributed by atoms with van der Waals surface area (Å²) in [7, 11) is 1.64. The number of aromatic nitrogens is 1. The van der Waals surface area contributed by atoms with Crippen LogP contribution in [-0.2, 0) is 0 Å². The van der Waals surface area contributed by atoms with E-state index in [0.29, 0.717) is 11.7 Å². The van der Waals surface area contributed by atoms with Gasteiger partial charge in [0.1, 0.15) is 5.75 Å². The van der Waals surface area contributed by atoms with E-state index >= 15 is 0 Å². The first-order chi connectivity index (χ1) is 9.20. The third-order valence-electron chi connectivity index (χ3n) is 3.44. The van der Waals surface area contributed by atoms with E-state index in [1.54, 1.807) is 13.2 Å². The molecule has 2 N–H and O–H groups in total. The quantitative estimate of drug-likeness (QED) is 0.917. The van der Waals surface area contributed by atoms with Crippen molar-refractivity contribution in [2.45, 2.75) is 18.9 Å². The van der Waals surface area contributed by atoms with E-state index in [1.807, 2.05) is 34.9 Å². The van der Waals surface area contributed by atoms with Crippen molar-refractivity contribution in [1.29, 1.82) is 0 Å². The summed E-state index contributed by atoms with van der Waals surface area (Å²) < 4.78 is 6.97. The van der Waals surface area contributed by atoms with Crippen molar-refractivity contribution in [3.63, 3.8) is 0 Å². The van der Waals surface area contributed by atoms with Crippen LogP contribution in [0.2, 0.25) is 0 Å². The van der Waals surface area contributed by atoms with Crippen LogP contribution in [0.3, 0.4) is 0 Å². The molecule has 0 spiro atoms. The summed E-state index contributed by atoms with van der Waals surface area (Å²) in [5, 5.41) is 0. The fourth-order valence-electron chi connectivity index (χ4n) is 2.26. The van der Waals surface area contributed by atoms with Gasteiger partial charge in [0.2, 0.25) is 0 Å². The molecule has 0 saturated heterocycles. The molecule has 0 atom stereocenters. The molecule has 0 radical (unpaired) electrons. The Balaban J connectivity index is 2.13. The van der Waals surface area contributed by atoms with Crippen molar-refractivity contribution in [3.05, 3.63) is 46.8 Å². The lowest BCUT2D eigenvalue weighted by Crippen LogP contribution is -2.23. The minimum atomic E-state index is -0.0872. The number of nitrogen functional groups attached to an aromatic ring is 1. The van der Waals surface area contributed by atoms with E-state index in [4.69, 9.17) is 10.5 Å². The maximum absolute atomic E-state index is 12.2. The summed E-state index contributed by atoms with van der Waals surface area (Å²) in [5.41, 5.74) is 7.87. The summed E-state index contributed by atoms with van der Waals surface area (Å²) in [4.78, 5) is 12.2. The zero-order chi connectivity index (χ0) is 13.4. The molecule has 0 unspecified atom stereocenters. The zero-order valence-corrected chi connectivity index (χ0v) is 10.8. The molecule has 19 heavy (non-hydrogen) atoms. The predicted octanol–water partition coefficient (Wildman–Crippen LogP) is 2.44. The number of anilines is 1. The van der Waals surface area contributed by atoms with Crippen LogP contribution < -0.4 is 16.0 Å². The fourth-order valence-corrected chi connectivity index (χ4v) is 2.26. The summed E-state index contributed by atoms with van der Waals surface area (Å²) in [6.45, 7) is 0. The molecule has 0 bridgehead atoms. The highest BCUT2D eigenvalue weighted by Crippen LogP contribution is 2.37. The first-order valence-electron chi connectivity index (χ1n) is 6.36. The smallest absolute Gasteiger partial charge is 0.274 e. The number of nitrogens with two attached hydrogens (primary N) is 1. The van der Waals surface area contributed by atoms with Crippen molar-refractivity contribution >= 4 is 5.69 Å². The molecule has 98 valence electrons. The van der Waals surface area contributed by atoms with Gasteiger partial charge in [-0.3, -0.25) is 4.79 Å². The molecule has 1 saturated carbocycles. The molecule has 1 fully saturated rings. The van der Waals surface area contributed by atoms with E-state index in [2.05, 4.69) is 0 Å². The Kier molecular flexibility index (Phi) is 2.78. The number of rotatable bonds is 3. The SMILES string of the molecule is COc1ccc(-c2ccc(N)c(=O)n2C2CC2)cc1. The summed E-state index contributed by atoms with van der Waals surface area (Å²) in [6, 6.07) is 11.6. The molecule has 1 aliphatic carbocycles. The normalized spacial score (nSPS) is 14.4.